The van der Waals surface area contributed by atoms with Crippen molar-refractivity contribution in [1.29, 1.82) is 0 Å². The van der Waals surface area contributed by atoms with Gasteiger partial charge in [-0.1, -0.05) is 6.92 Å². The average Bonchev–Trinajstić information content (AvgIpc) is 2.29. The lowest BCUT2D eigenvalue weighted by Crippen LogP contribution is -2.46. The maximum atomic E-state index is 12.2. The third-order valence-corrected chi connectivity index (χ3v) is 3.61. The van der Waals surface area contributed by atoms with Crippen molar-refractivity contribution in [3.63, 3.8) is 0 Å². The summed E-state index contributed by atoms with van der Waals surface area (Å²) >= 11 is 0. The molecule has 2 heterocycles. The second-order valence-electron chi connectivity index (χ2n) is 5.07. The Morgan fingerprint density at radius 1 is 1.33 bits per heavy atom. The molecule has 0 aromatic rings. The predicted molar refractivity (Wildman–Crippen MR) is 60.6 cm³/mol. The highest BCUT2D eigenvalue weighted by Crippen LogP contribution is 2.20. The van der Waals surface area contributed by atoms with Gasteiger partial charge in [0.2, 0.25) is 5.91 Å². The van der Waals surface area contributed by atoms with Crippen molar-refractivity contribution < 1.29 is 4.79 Å². The first-order valence-electron chi connectivity index (χ1n) is 6.27. The van der Waals surface area contributed by atoms with Crippen molar-refractivity contribution in [2.45, 2.75) is 32.6 Å². The van der Waals surface area contributed by atoms with Crippen LogP contribution in [0.15, 0.2) is 0 Å². The first-order chi connectivity index (χ1) is 7.27. The van der Waals surface area contributed by atoms with Crippen LogP contribution in [0.5, 0.6) is 0 Å². The van der Waals surface area contributed by atoms with E-state index in [-0.39, 0.29) is 5.92 Å². The average molecular weight is 210 g/mol. The van der Waals surface area contributed by atoms with Crippen molar-refractivity contribution in [3.05, 3.63) is 0 Å². The SMILES string of the molecule is CC1CCCN(C(=O)C2CCCNC2)C1. The molecule has 0 saturated carbocycles. The number of piperidine rings is 2. The molecule has 3 nitrogen and oxygen atoms in total. The lowest BCUT2D eigenvalue weighted by molar-refractivity contribution is -0.137. The minimum atomic E-state index is 0.254. The van der Waals surface area contributed by atoms with Gasteiger partial charge in [0.15, 0.2) is 0 Å². The molecule has 3 heteroatoms. The first kappa shape index (κ1) is 10.9. The number of nitrogens with zero attached hydrogens (tertiary/aromatic N) is 1. The third kappa shape index (κ3) is 2.71. The van der Waals surface area contributed by atoms with Crippen LogP contribution in [0, 0.1) is 11.8 Å². The van der Waals surface area contributed by atoms with Crippen molar-refractivity contribution in [1.82, 2.24) is 10.2 Å². The zero-order valence-corrected chi connectivity index (χ0v) is 9.67. The van der Waals surface area contributed by atoms with Crippen molar-refractivity contribution in [2.75, 3.05) is 26.2 Å². The highest BCUT2D eigenvalue weighted by atomic mass is 16.2. The fourth-order valence-corrected chi connectivity index (χ4v) is 2.71. The molecule has 0 spiro atoms. The summed E-state index contributed by atoms with van der Waals surface area (Å²) in [5, 5.41) is 3.32. The fraction of sp³-hybridized carbons (Fsp3) is 0.917. The minimum Gasteiger partial charge on any atom is -0.342 e. The summed E-state index contributed by atoms with van der Waals surface area (Å²) < 4.78 is 0. The Morgan fingerprint density at radius 3 is 2.87 bits per heavy atom. The molecule has 2 fully saturated rings. The quantitative estimate of drug-likeness (QED) is 0.706. The van der Waals surface area contributed by atoms with Crippen LogP contribution in [0.2, 0.25) is 0 Å². The van der Waals surface area contributed by atoms with E-state index in [1.807, 2.05) is 0 Å². The van der Waals surface area contributed by atoms with Crippen LogP contribution in [0.1, 0.15) is 32.6 Å². The molecule has 2 saturated heterocycles. The van der Waals surface area contributed by atoms with Crippen LogP contribution >= 0.6 is 0 Å². The fourth-order valence-electron chi connectivity index (χ4n) is 2.71. The molecule has 1 amide bonds. The number of carbonyl (C=O) groups is 1. The molecular weight excluding hydrogens is 188 g/mol. The molecule has 0 radical (unpaired) electrons. The highest BCUT2D eigenvalue weighted by molar-refractivity contribution is 5.79. The second-order valence-corrected chi connectivity index (χ2v) is 5.07. The Kier molecular flexibility index (Phi) is 3.62. The van der Waals surface area contributed by atoms with Gasteiger partial charge < -0.3 is 10.2 Å². The molecule has 2 aliphatic heterocycles. The van der Waals surface area contributed by atoms with E-state index in [4.69, 9.17) is 0 Å². The molecular formula is C12H22N2O. The summed E-state index contributed by atoms with van der Waals surface area (Å²) in [5.41, 5.74) is 0. The molecule has 86 valence electrons. The van der Waals surface area contributed by atoms with Crippen LogP contribution in [-0.4, -0.2) is 37.0 Å². The number of hydrogen-bond acceptors (Lipinski definition) is 2. The van der Waals surface area contributed by atoms with E-state index < -0.39 is 0 Å². The van der Waals surface area contributed by atoms with Gasteiger partial charge >= 0.3 is 0 Å². The van der Waals surface area contributed by atoms with E-state index in [2.05, 4.69) is 17.1 Å². The van der Waals surface area contributed by atoms with Crippen LogP contribution < -0.4 is 5.32 Å². The zero-order valence-electron chi connectivity index (χ0n) is 9.67. The summed E-state index contributed by atoms with van der Waals surface area (Å²) in [6.07, 6.45) is 4.70. The molecule has 0 aromatic heterocycles. The Morgan fingerprint density at radius 2 is 2.20 bits per heavy atom. The predicted octanol–water partition coefficient (Wildman–Crippen LogP) is 1.24. The van der Waals surface area contributed by atoms with Gasteiger partial charge in [-0.25, -0.2) is 0 Å². The topological polar surface area (TPSA) is 32.3 Å². The lowest BCUT2D eigenvalue weighted by Gasteiger charge is -2.34. The van der Waals surface area contributed by atoms with Crippen molar-refractivity contribution in [2.24, 2.45) is 11.8 Å². The van der Waals surface area contributed by atoms with Crippen molar-refractivity contribution >= 4 is 5.91 Å². The number of rotatable bonds is 1. The van der Waals surface area contributed by atoms with Gasteiger partial charge in [0, 0.05) is 19.6 Å². The normalized spacial score (nSPS) is 32.7. The van der Waals surface area contributed by atoms with Gasteiger partial charge in [-0.2, -0.15) is 0 Å². The molecule has 2 aliphatic rings. The summed E-state index contributed by atoms with van der Waals surface area (Å²) in [7, 11) is 0. The first-order valence-corrected chi connectivity index (χ1v) is 6.27. The van der Waals surface area contributed by atoms with E-state index >= 15 is 0 Å². The molecule has 0 aromatic carbocycles. The third-order valence-electron chi connectivity index (χ3n) is 3.61. The molecule has 1 N–H and O–H groups in total. The highest BCUT2D eigenvalue weighted by Gasteiger charge is 2.28. The maximum absolute atomic E-state index is 12.2. The van der Waals surface area contributed by atoms with E-state index in [0.29, 0.717) is 11.8 Å². The number of nitrogens with one attached hydrogen (secondary N) is 1. The Labute approximate surface area is 92.2 Å². The monoisotopic (exact) mass is 210 g/mol. The number of carbonyl (C=O) groups excluding carboxylic acids is 1. The minimum absolute atomic E-state index is 0.254. The molecule has 15 heavy (non-hydrogen) atoms. The largest absolute Gasteiger partial charge is 0.342 e. The Balaban J connectivity index is 1.88. The second kappa shape index (κ2) is 4.97. The van der Waals surface area contributed by atoms with E-state index in [9.17, 15) is 4.79 Å². The van der Waals surface area contributed by atoms with Gasteiger partial charge in [-0.3, -0.25) is 4.79 Å². The zero-order chi connectivity index (χ0) is 10.7. The molecule has 2 unspecified atom stereocenters. The molecule has 2 rings (SSSR count). The van der Waals surface area contributed by atoms with Gasteiger partial charge in [0.1, 0.15) is 0 Å². The van der Waals surface area contributed by atoms with E-state index in [1.54, 1.807) is 0 Å². The Hall–Kier alpha value is -0.570. The van der Waals surface area contributed by atoms with Crippen LogP contribution in [-0.2, 0) is 4.79 Å². The lowest BCUT2D eigenvalue weighted by atomic mass is 9.94. The van der Waals surface area contributed by atoms with Crippen LogP contribution in [0.25, 0.3) is 0 Å². The smallest absolute Gasteiger partial charge is 0.226 e. The summed E-state index contributed by atoms with van der Waals surface area (Å²) in [4.78, 5) is 14.3. The summed E-state index contributed by atoms with van der Waals surface area (Å²) in [6.45, 7) is 6.19. The molecule has 0 bridgehead atoms. The van der Waals surface area contributed by atoms with Gasteiger partial charge in [0.25, 0.3) is 0 Å². The van der Waals surface area contributed by atoms with Crippen LogP contribution in [0.3, 0.4) is 0 Å². The maximum Gasteiger partial charge on any atom is 0.226 e. The van der Waals surface area contributed by atoms with Gasteiger partial charge in [0.05, 0.1) is 5.92 Å². The number of likely N-dealkylation sites (tertiary alicyclic amines) is 1. The van der Waals surface area contributed by atoms with E-state index in [1.165, 1.54) is 12.8 Å². The summed E-state index contributed by atoms with van der Waals surface area (Å²) in [6, 6.07) is 0. The summed E-state index contributed by atoms with van der Waals surface area (Å²) in [5.74, 6) is 1.34. The van der Waals surface area contributed by atoms with Crippen LogP contribution in [0.4, 0.5) is 0 Å². The van der Waals surface area contributed by atoms with Gasteiger partial charge in [-0.15, -0.1) is 0 Å². The number of hydrogen-bond donors (Lipinski definition) is 1. The van der Waals surface area contributed by atoms with E-state index in [0.717, 1.165) is 39.0 Å². The molecule has 0 aliphatic carbocycles. The van der Waals surface area contributed by atoms with Crippen molar-refractivity contribution in [3.8, 4) is 0 Å². The standard InChI is InChI=1S/C12H22N2O/c1-10-4-3-7-14(9-10)12(15)11-5-2-6-13-8-11/h10-11,13H,2-9H2,1H3. The number of amides is 1. The Bertz CT molecular complexity index is 224. The molecule has 2 atom stereocenters. The van der Waals surface area contributed by atoms with Gasteiger partial charge in [-0.05, 0) is 38.1 Å².